The zero-order chi connectivity index (χ0) is 29.3. The van der Waals surface area contributed by atoms with Gasteiger partial charge < -0.3 is 19.3 Å². The molecule has 0 unspecified atom stereocenters. The Kier molecular flexibility index (Phi) is 6.43. The Bertz CT molecular complexity index is 1990. The number of anilines is 6. The number of fused-ring (bicyclic) bond motifs is 1. The van der Waals surface area contributed by atoms with Gasteiger partial charge in [-0.1, -0.05) is 84.9 Å². The molecule has 0 saturated heterocycles. The number of hydrogen-bond acceptors (Lipinski definition) is 4. The molecule has 0 amide bonds. The molecule has 4 heteroatoms. The van der Waals surface area contributed by atoms with Crippen molar-refractivity contribution in [3.63, 3.8) is 0 Å². The normalized spacial score (nSPS) is 11.5. The predicted molar refractivity (Wildman–Crippen MR) is 180 cm³/mol. The number of benzene rings is 7. The first kappa shape index (κ1) is 25.7. The average Bonchev–Trinajstić information content (AvgIpc) is 3.25. The van der Waals surface area contributed by atoms with Gasteiger partial charge in [-0.05, 0) is 78.9 Å². The molecule has 1 heterocycles. The van der Waals surface area contributed by atoms with E-state index >= 15 is 0 Å². The molecule has 0 bridgehead atoms. The van der Waals surface area contributed by atoms with E-state index < -0.39 is 0 Å². The van der Waals surface area contributed by atoms with E-state index in [1.54, 1.807) is 0 Å². The van der Waals surface area contributed by atoms with E-state index in [4.69, 9.17) is 9.47 Å². The van der Waals surface area contributed by atoms with Gasteiger partial charge in [-0.3, -0.25) is 0 Å². The highest BCUT2D eigenvalue weighted by atomic mass is 16.5. The number of nitrogens with zero attached hydrogens (tertiary/aromatic N) is 2. The highest BCUT2D eigenvalue weighted by Crippen LogP contribution is 2.51. The van der Waals surface area contributed by atoms with E-state index in [-0.39, 0.29) is 0 Å². The van der Waals surface area contributed by atoms with Crippen LogP contribution in [0.3, 0.4) is 0 Å². The van der Waals surface area contributed by atoms with Crippen LogP contribution in [0.15, 0.2) is 170 Å². The van der Waals surface area contributed by atoms with Gasteiger partial charge in [0.15, 0.2) is 11.5 Å². The van der Waals surface area contributed by atoms with Crippen molar-refractivity contribution in [2.45, 2.75) is 0 Å². The van der Waals surface area contributed by atoms with Crippen molar-refractivity contribution in [2.24, 2.45) is 0 Å². The maximum Gasteiger partial charge on any atom is 0.172 e. The number of hydrogen-bond donors (Lipinski definition) is 0. The molecule has 4 nitrogen and oxygen atoms in total. The molecule has 0 fully saturated rings. The van der Waals surface area contributed by atoms with Crippen molar-refractivity contribution < 1.29 is 9.47 Å². The smallest absolute Gasteiger partial charge is 0.172 e. The van der Waals surface area contributed by atoms with E-state index in [2.05, 4.69) is 131 Å². The molecule has 7 aromatic carbocycles. The molecule has 0 atom stereocenters. The van der Waals surface area contributed by atoms with Gasteiger partial charge in [0.2, 0.25) is 0 Å². The minimum absolute atomic E-state index is 0.660. The van der Waals surface area contributed by atoms with E-state index in [9.17, 15) is 0 Å². The van der Waals surface area contributed by atoms with Crippen molar-refractivity contribution in [1.29, 1.82) is 0 Å². The molecule has 0 radical (unpaired) electrons. The van der Waals surface area contributed by atoms with Gasteiger partial charge in [-0.2, -0.15) is 0 Å². The summed E-state index contributed by atoms with van der Waals surface area (Å²) in [6, 6.07) is 58.1. The van der Waals surface area contributed by atoms with Gasteiger partial charge >= 0.3 is 0 Å². The Morgan fingerprint density at radius 2 is 0.795 bits per heavy atom. The fourth-order valence-corrected chi connectivity index (χ4v) is 5.91. The first-order valence-corrected chi connectivity index (χ1v) is 14.7. The van der Waals surface area contributed by atoms with E-state index in [0.717, 1.165) is 56.4 Å². The molecule has 7 aromatic rings. The van der Waals surface area contributed by atoms with Crippen molar-refractivity contribution in [3.05, 3.63) is 170 Å². The van der Waals surface area contributed by atoms with Crippen LogP contribution in [0, 0.1) is 0 Å². The summed E-state index contributed by atoms with van der Waals surface area (Å²) >= 11 is 0. The van der Waals surface area contributed by atoms with Crippen molar-refractivity contribution in [2.75, 3.05) is 9.80 Å². The molecule has 44 heavy (non-hydrogen) atoms. The predicted octanol–water partition coefficient (Wildman–Crippen LogP) is 11.7. The van der Waals surface area contributed by atoms with Crippen molar-refractivity contribution >= 4 is 44.9 Å². The van der Waals surface area contributed by atoms with Crippen LogP contribution in [0.4, 0.5) is 34.1 Å². The summed E-state index contributed by atoms with van der Waals surface area (Å²) in [6.45, 7) is 0. The lowest BCUT2D eigenvalue weighted by atomic mass is 10.0. The topological polar surface area (TPSA) is 24.9 Å². The summed E-state index contributed by atoms with van der Waals surface area (Å²) in [5, 5.41) is 1.97. The number of ether oxygens (including phenoxy) is 2. The molecule has 0 aliphatic carbocycles. The second-order valence-corrected chi connectivity index (χ2v) is 10.6. The average molecular weight is 569 g/mol. The molecular weight excluding hydrogens is 540 g/mol. The molecule has 1 aliphatic rings. The Balaban J connectivity index is 1.26. The van der Waals surface area contributed by atoms with Crippen molar-refractivity contribution in [3.8, 4) is 23.0 Å². The maximum atomic E-state index is 6.71. The van der Waals surface area contributed by atoms with Crippen LogP contribution in [0.25, 0.3) is 10.8 Å². The lowest BCUT2D eigenvalue weighted by molar-refractivity contribution is 0.439. The maximum absolute atomic E-state index is 6.71. The molecular formula is C40H28N2O2. The lowest BCUT2D eigenvalue weighted by Gasteiger charge is -2.27. The van der Waals surface area contributed by atoms with Gasteiger partial charge in [-0.15, -0.1) is 0 Å². The SMILES string of the molecule is c1ccc(N(c2ccccc2)c2ccc3c(c2)Oc2cccc4c(N(c5ccccc5)c5ccccc5)ccc(c24)O3)cc1. The molecule has 0 saturated carbocycles. The fourth-order valence-electron chi connectivity index (χ4n) is 5.91. The van der Waals surface area contributed by atoms with Crippen LogP contribution < -0.4 is 19.3 Å². The van der Waals surface area contributed by atoms with Gasteiger partial charge in [0.05, 0.1) is 16.8 Å². The van der Waals surface area contributed by atoms with Crippen molar-refractivity contribution in [1.82, 2.24) is 0 Å². The largest absolute Gasteiger partial charge is 0.453 e. The zero-order valence-electron chi connectivity index (χ0n) is 23.9. The third kappa shape index (κ3) is 4.59. The van der Waals surface area contributed by atoms with Crippen LogP contribution in [0.5, 0.6) is 23.0 Å². The first-order valence-electron chi connectivity index (χ1n) is 14.7. The first-order chi connectivity index (χ1) is 21.8. The fraction of sp³-hybridized carbons (Fsp3) is 0. The lowest BCUT2D eigenvalue weighted by Crippen LogP contribution is -2.10. The van der Waals surface area contributed by atoms with E-state index in [1.807, 2.05) is 48.5 Å². The summed E-state index contributed by atoms with van der Waals surface area (Å²) in [4.78, 5) is 4.49. The Morgan fingerprint density at radius 1 is 0.318 bits per heavy atom. The molecule has 0 N–H and O–H groups in total. The summed E-state index contributed by atoms with van der Waals surface area (Å²) < 4.78 is 13.3. The molecule has 0 aromatic heterocycles. The van der Waals surface area contributed by atoms with Crippen LogP contribution in [0.2, 0.25) is 0 Å². The van der Waals surface area contributed by atoms with Crippen LogP contribution >= 0.6 is 0 Å². The molecule has 8 rings (SSSR count). The zero-order valence-corrected chi connectivity index (χ0v) is 23.9. The standard InChI is InChI=1S/C40H28N2O2/c1-5-14-29(15-6-1)41(30-16-7-2-8-17-30)33-24-26-36-39(28-33)44-37-23-13-22-34-35(25-27-38(43-36)40(34)37)42(31-18-9-3-10-19-31)32-20-11-4-12-21-32/h1-28H. The second kappa shape index (κ2) is 11.0. The molecule has 1 aliphatic heterocycles. The summed E-state index contributed by atoms with van der Waals surface area (Å²) in [5.74, 6) is 2.84. The summed E-state index contributed by atoms with van der Waals surface area (Å²) in [5.41, 5.74) is 6.29. The molecule has 210 valence electrons. The highest BCUT2D eigenvalue weighted by molar-refractivity contribution is 6.05. The van der Waals surface area contributed by atoms with E-state index in [0.29, 0.717) is 11.5 Å². The quantitative estimate of drug-likeness (QED) is 0.199. The Labute approximate surface area is 256 Å². The van der Waals surface area contributed by atoms with Gasteiger partial charge in [0.1, 0.15) is 11.5 Å². The number of para-hydroxylation sites is 4. The van der Waals surface area contributed by atoms with Crippen LogP contribution in [0.1, 0.15) is 0 Å². The van der Waals surface area contributed by atoms with Gasteiger partial charge in [-0.25, -0.2) is 0 Å². The Morgan fingerprint density at radius 3 is 1.36 bits per heavy atom. The minimum Gasteiger partial charge on any atom is -0.453 e. The third-order valence-corrected chi connectivity index (χ3v) is 7.86. The van der Waals surface area contributed by atoms with Gasteiger partial charge in [0.25, 0.3) is 0 Å². The van der Waals surface area contributed by atoms with Crippen LogP contribution in [-0.2, 0) is 0 Å². The van der Waals surface area contributed by atoms with E-state index in [1.165, 1.54) is 0 Å². The van der Waals surface area contributed by atoms with Gasteiger partial charge in [0, 0.05) is 34.2 Å². The van der Waals surface area contributed by atoms with Crippen LogP contribution in [-0.4, -0.2) is 0 Å². The second-order valence-electron chi connectivity index (χ2n) is 10.6. The summed E-state index contributed by atoms with van der Waals surface area (Å²) in [6.07, 6.45) is 0. The minimum atomic E-state index is 0.660. The molecule has 0 spiro atoms. The monoisotopic (exact) mass is 568 g/mol. The third-order valence-electron chi connectivity index (χ3n) is 7.86. The Hall–Kier alpha value is -6.00. The number of rotatable bonds is 6. The summed E-state index contributed by atoms with van der Waals surface area (Å²) in [7, 11) is 0. The highest BCUT2D eigenvalue weighted by Gasteiger charge is 2.24.